The van der Waals surface area contributed by atoms with Gasteiger partial charge in [0.25, 0.3) is 0 Å². The molecule has 0 bridgehead atoms. The van der Waals surface area contributed by atoms with E-state index in [1.54, 1.807) is 6.20 Å². The fourth-order valence-corrected chi connectivity index (χ4v) is 3.42. The van der Waals surface area contributed by atoms with E-state index in [1.165, 1.54) is 0 Å². The van der Waals surface area contributed by atoms with Gasteiger partial charge in [-0.1, -0.05) is 33.2 Å². The van der Waals surface area contributed by atoms with Crippen LogP contribution in [0.1, 0.15) is 30.5 Å². The zero-order chi connectivity index (χ0) is 16.5. The molecule has 3 heterocycles. The first kappa shape index (κ1) is 15.3. The molecule has 1 aliphatic rings. The molecule has 7 heteroatoms. The lowest BCUT2D eigenvalue weighted by atomic mass is 10.2. The Morgan fingerprint density at radius 3 is 2.92 bits per heavy atom. The Labute approximate surface area is 148 Å². The summed E-state index contributed by atoms with van der Waals surface area (Å²) in [6.45, 7) is 2.86. The monoisotopic (exact) mass is 385 g/mol. The zero-order valence-corrected chi connectivity index (χ0v) is 14.8. The highest BCUT2D eigenvalue weighted by molar-refractivity contribution is 9.10. The summed E-state index contributed by atoms with van der Waals surface area (Å²) in [5.74, 6) is 1.93. The number of hydrogen-bond donors (Lipinski definition) is 0. The van der Waals surface area contributed by atoms with Gasteiger partial charge in [-0.25, -0.2) is 9.97 Å². The van der Waals surface area contributed by atoms with Gasteiger partial charge in [0, 0.05) is 28.5 Å². The van der Waals surface area contributed by atoms with Crippen molar-refractivity contribution in [3.05, 3.63) is 52.6 Å². The molecule has 0 radical (unpaired) electrons. The molecule has 0 saturated carbocycles. The number of benzene rings is 1. The summed E-state index contributed by atoms with van der Waals surface area (Å²) >= 11 is 3.53. The maximum Gasteiger partial charge on any atom is 0.249 e. The van der Waals surface area contributed by atoms with E-state index < -0.39 is 0 Å². The minimum absolute atomic E-state index is 0.0236. The Balaban J connectivity index is 1.65. The van der Waals surface area contributed by atoms with Crippen LogP contribution < -0.4 is 4.90 Å². The summed E-state index contributed by atoms with van der Waals surface area (Å²) in [5, 5.41) is 4.15. The SMILES string of the molecule is Cc1ccnc(N2CCCC2c2nc(-c3ccccc3Br)no2)n1. The summed E-state index contributed by atoms with van der Waals surface area (Å²) in [4.78, 5) is 15.7. The van der Waals surface area contributed by atoms with E-state index in [4.69, 9.17) is 4.52 Å². The van der Waals surface area contributed by atoms with E-state index in [0.717, 1.165) is 41.1 Å². The first-order valence-electron chi connectivity index (χ1n) is 7.87. The Bertz CT molecular complexity index is 865. The molecule has 1 atom stereocenters. The molecular formula is C17H16BrN5O. The molecule has 4 rings (SSSR count). The first-order chi connectivity index (χ1) is 11.7. The van der Waals surface area contributed by atoms with Crippen LogP contribution in [0, 0.1) is 6.92 Å². The number of aryl methyl sites for hydroxylation is 1. The second-order valence-electron chi connectivity index (χ2n) is 5.79. The van der Waals surface area contributed by atoms with Gasteiger partial charge in [0.15, 0.2) is 0 Å². The van der Waals surface area contributed by atoms with Crippen molar-refractivity contribution in [2.24, 2.45) is 0 Å². The van der Waals surface area contributed by atoms with Gasteiger partial charge in [-0.3, -0.25) is 0 Å². The molecule has 0 spiro atoms. The highest BCUT2D eigenvalue weighted by Crippen LogP contribution is 2.35. The Morgan fingerprint density at radius 2 is 2.08 bits per heavy atom. The van der Waals surface area contributed by atoms with Gasteiger partial charge in [-0.15, -0.1) is 0 Å². The summed E-state index contributed by atoms with van der Waals surface area (Å²) < 4.78 is 6.51. The lowest BCUT2D eigenvalue weighted by molar-refractivity contribution is 0.354. The van der Waals surface area contributed by atoms with Crippen LogP contribution in [0.15, 0.2) is 45.5 Å². The molecule has 0 N–H and O–H groups in total. The third-order valence-electron chi connectivity index (χ3n) is 4.13. The number of rotatable bonds is 3. The summed E-state index contributed by atoms with van der Waals surface area (Å²) in [7, 11) is 0. The number of hydrogen-bond acceptors (Lipinski definition) is 6. The molecule has 1 unspecified atom stereocenters. The van der Waals surface area contributed by atoms with Crippen LogP contribution in [-0.4, -0.2) is 26.7 Å². The van der Waals surface area contributed by atoms with Crippen LogP contribution in [0.3, 0.4) is 0 Å². The average Bonchev–Trinajstić information content (AvgIpc) is 3.24. The van der Waals surface area contributed by atoms with Crippen LogP contribution in [0.2, 0.25) is 0 Å². The van der Waals surface area contributed by atoms with Crippen LogP contribution in [-0.2, 0) is 0 Å². The summed E-state index contributed by atoms with van der Waals surface area (Å²) in [6, 6.07) is 9.77. The van der Waals surface area contributed by atoms with Gasteiger partial charge >= 0.3 is 0 Å². The summed E-state index contributed by atoms with van der Waals surface area (Å²) in [5.41, 5.74) is 1.87. The first-order valence-corrected chi connectivity index (χ1v) is 8.66. The van der Waals surface area contributed by atoms with Crippen molar-refractivity contribution in [1.82, 2.24) is 20.1 Å². The molecule has 6 nitrogen and oxygen atoms in total. The molecule has 24 heavy (non-hydrogen) atoms. The Morgan fingerprint density at radius 1 is 1.21 bits per heavy atom. The summed E-state index contributed by atoms with van der Waals surface area (Å²) in [6.07, 6.45) is 3.79. The van der Waals surface area contributed by atoms with Crippen LogP contribution in [0.5, 0.6) is 0 Å². The average molecular weight is 386 g/mol. The van der Waals surface area contributed by atoms with Gasteiger partial charge < -0.3 is 9.42 Å². The minimum atomic E-state index is 0.0236. The largest absolute Gasteiger partial charge is 0.337 e. The predicted octanol–water partition coefficient (Wildman–Crippen LogP) is 3.94. The topological polar surface area (TPSA) is 67.9 Å². The molecular weight excluding hydrogens is 370 g/mol. The Hall–Kier alpha value is -2.28. The predicted molar refractivity (Wildman–Crippen MR) is 93.5 cm³/mol. The van der Waals surface area contributed by atoms with Gasteiger partial charge in [0.2, 0.25) is 17.7 Å². The molecule has 1 aliphatic heterocycles. The van der Waals surface area contributed by atoms with Crippen LogP contribution in [0.25, 0.3) is 11.4 Å². The fourth-order valence-electron chi connectivity index (χ4n) is 2.96. The van der Waals surface area contributed by atoms with E-state index in [1.807, 2.05) is 37.3 Å². The molecule has 1 fully saturated rings. The highest BCUT2D eigenvalue weighted by atomic mass is 79.9. The van der Waals surface area contributed by atoms with Crippen molar-refractivity contribution in [3.63, 3.8) is 0 Å². The van der Waals surface area contributed by atoms with Crippen molar-refractivity contribution >= 4 is 21.9 Å². The smallest absolute Gasteiger partial charge is 0.249 e. The standard InChI is InChI=1S/C17H16BrN5O/c1-11-8-9-19-17(20-11)23-10-4-7-14(23)16-21-15(22-24-16)12-5-2-3-6-13(12)18/h2-3,5-6,8-9,14H,4,7,10H2,1H3. The van der Waals surface area contributed by atoms with Gasteiger partial charge in [0.05, 0.1) is 0 Å². The molecule has 2 aromatic heterocycles. The van der Waals surface area contributed by atoms with Crippen molar-refractivity contribution in [3.8, 4) is 11.4 Å². The van der Waals surface area contributed by atoms with E-state index in [0.29, 0.717) is 11.7 Å². The number of nitrogens with zero attached hydrogens (tertiary/aromatic N) is 5. The molecule has 3 aromatic rings. The number of anilines is 1. The maximum atomic E-state index is 5.56. The normalized spacial score (nSPS) is 17.4. The third kappa shape index (κ3) is 2.80. The molecule has 122 valence electrons. The molecule has 0 aliphatic carbocycles. The van der Waals surface area contributed by atoms with Gasteiger partial charge in [-0.05, 0) is 38.0 Å². The minimum Gasteiger partial charge on any atom is -0.337 e. The molecule has 1 saturated heterocycles. The van der Waals surface area contributed by atoms with E-state index in [2.05, 4.69) is 40.9 Å². The van der Waals surface area contributed by atoms with E-state index >= 15 is 0 Å². The number of aromatic nitrogens is 4. The number of halogens is 1. The van der Waals surface area contributed by atoms with Gasteiger partial charge in [-0.2, -0.15) is 4.98 Å². The molecule has 1 aromatic carbocycles. The maximum absolute atomic E-state index is 5.56. The second-order valence-corrected chi connectivity index (χ2v) is 6.64. The lowest BCUT2D eigenvalue weighted by Crippen LogP contribution is -2.25. The van der Waals surface area contributed by atoms with Crippen molar-refractivity contribution in [2.75, 3.05) is 11.4 Å². The molecule has 0 amide bonds. The third-order valence-corrected chi connectivity index (χ3v) is 4.82. The van der Waals surface area contributed by atoms with Crippen LogP contribution in [0.4, 0.5) is 5.95 Å². The van der Waals surface area contributed by atoms with Crippen molar-refractivity contribution in [1.29, 1.82) is 0 Å². The van der Waals surface area contributed by atoms with Gasteiger partial charge in [0.1, 0.15) is 6.04 Å². The van der Waals surface area contributed by atoms with E-state index in [-0.39, 0.29) is 6.04 Å². The highest BCUT2D eigenvalue weighted by Gasteiger charge is 2.32. The second kappa shape index (κ2) is 6.32. The zero-order valence-electron chi connectivity index (χ0n) is 13.2. The van der Waals surface area contributed by atoms with Crippen LogP contribution >= 0.6 is 15.9 Å². The lowest BCUT2D eigenvalue weighted by Gasteiger charge is -2.21. The fraction of sp³-hybridized carbons (Fsp3) is 0.294. The quantitative estimate of drug-likeness (QED) is 0.679. The van der Waals surface area contributed by atoms with Crippen molar-refractivity contribution < 1.29 is 4.52 Å². The van der Waals surface area contributed by atoms with Crippen molar-refractivity contribution in [2.45, 2.75) is 25.8 Å². The Kier molecular flexibility index (Phi) is 4.02. The van der Waals surface area contributed by atoms with E-state index in [9.17, 15) is 0 Å².